The van der Waals surface area contributed by atoms with Crippen molar-refractivity contribution in [1.82, 2.24) is 10.5 Å². The number of nitrogens with one attached hydrogen (secondary N) is 1. The van der Waals surface area contributed by atoms with Crippen LogP contribution in [0.3, 0.4) is 0 Å². The third kappa shape index (κ3) is 2.95. The molecule has 3 rings (SSSR count). The number of hydrogen-bond acceptors (Lipinski definition) is 4. The lowest BCUT2D eigenvalue weighted by Gasteiger charge is -2.10. The molecule has 1 aromatic heterocycles. The van der Waals surface area contributed by atoms with E-state index in [1.54, 1.807) is 24.4 Å². The molecule has 0 bridgehead atoms. The smallest absolute Gasteiger partial charge is 0.262 e. The number of carbonyl (C=O) groups is 1. The third-order valence-electron chi connectivity index (χ3n) is 3.74. The van der Waals surface area contributed by atoms with Crippen molar-refractivity contribution in [3.63, 3.8) is 0 Å². The molecule has 1 saturated carbocycles. The number of fused-ring (bicyclic) bond motifs is 1. The van der Waals surface area contributed by atoms with Gasteiger partial charge in [0, 0.05) is 11.4 Å². The van der Waals surface area contributed by atoms with Gasteiger partial charge in [0.15, 0.2) is 5.58 Å². The van der Waals surface area contributed by atoms with Crippen molar-refractivity contribution in [2.45, 2.75) is 31.7 Å². The topological polar surface area (TPSA) is 78.9 Å². The van der Waals surface area contributed by atoms with Gasteiger partial charge in [-0.15, -0.1) is 0 Å². The van der Waals surface area contributed by atoms with Gasteiger partial charge in [-0.2, -0.15) is 5.26 Å². The van der Waals surface area contributed by atoms with E-state index in [1.165, 1.54) is 0 Å². The first-order valence-electron chi connectivity index (χ1n) is 7.03. The Balaban J connectivity index is 1.80. The van der Waals surface area contributed by atoms with Gasteiger partial charge in [-0.25, -0.2) is 0 Å². The van der Waals surface area contributed by atoms with E-state index in [2.05, 4.69) is 10.5 Å². The summed E-state index contributed by atoms with van der Waals surface area (Å²) < 4.78 is 5.03. The maximum Gasteiger partial charge on any atom is 0.262 e. The summed E-state index contributed by atoms with van der Waals surface area (Å²) >= 11 is 0. The molecule has 0 spiro atoms. The van der Waals surface area contributed by atoms with E-state index in [9.17, 15) is 10.1 Å². The molecule has 0 saturated heterocycles. The predicted molar refractivity (Wildman–Crippen MR) is 78.0 cm³/mol. The highest BCUT2D eigenvalue weighted by Gasteiger charge is 2.19. The zero-order valence-electron chi connectivity index (χ0n) is 11.5. The van der Waals surface area contributed by atoms with Crippen molar-refractivity contribution in [2.24, 2.45) is 0 Å². The zero-order chi connectivity index (χ0) is 14.7. The van der Waals surface area contributed by atoms with Crippen LogP contribution < -0.4 is 5.32 Å². The molecular formula is C16H15N3O2. The van der Waals surface area contributed by atoms with Crippen LogP contribution in [0, 0.1) is 11.3 Å². The molecule has 0 aliphatic heterocycles. The molecule has 5 heteroatoms. The molecule has 1 N–H and O–H groups in total. The highest BCUT2D eigenvalue weighted by atomic mass is 16.5. The van der Waals surface area contributed by atoms with Crippen molar-refractivity contribution in [3.05, 3.63) is 35.5 Å². The number of nitrogens with zero attached hydrogens (tertiary/aromatic N) is 2. The fraction of sp³-hybridized carbons (Fsp3) is 0.312. The molecule has 0 radical (unpaired) electrons. The number of aromatic nitrogens is 1. The van der Waals surface area contributed by atoms with Gasteiger partial charge >= 0.3 is 0 Å². The van der Waals surface area contributed by atoms with Gasteiger partial charge in [-0.3, -0.25) is 4.79 Å². The molecule has 21 heavy (non-hydrogen) atoms. The number of benzene rings is 1. The molecule has 1 heterocycles. The highest BCUT2D eigenvalue weighted by molar-refractivity contribution is 6.02. The summed E-state index contributed by atoms with van der Waals surface area (Å²) in [6, 6.07) is 7.59. The van der Waals surface area contributed by atoms with E-state index in [1.807, 2.05) is 12.1 Å². The fourth-order valence-electron chi connectivity index (χ4n) is 2.63. The average Bonchev–Trinajstić information content (AvgIpc) is 3.14. The van der Waals surface area contributed by atoms with E-state index in [0.717, 1.165) is 36.6 Å². The van der Waals surface area contributed by atoms with Gasteiger partial charge < -0.3 is 9.84 Å². The molecule has 0 atom stereocenters. The van der Waals surface area contributed by atoms with Gasteiger partial charge in [-0.1, -0.05) is 24.1 Å². The van der Waals surface area contributed by atoms with Crippen LogP contribution in [0.4, 0.5) is 0 Å². The van der Waals surface area contributed by atoms with Crippen molar-refractivity contribution < 1.29 is 9.32 Å². The Morgan fingerprint density at radius 3 is 3.00 bits per heavy atom. The lowest BCUT2D eigenvalue weighted by molar-refractivity contribution is -0.117. The summed E-state index contributed by atoms with van der Waals surface area (Å²) in [5.41, 5.74) is 1.59. The van der Waals surface area contributed by atoms with Crippen LogP contribution in [-0.2, 0) is 4.79 Å². The van der Waals surface area contributed by atoms with Crippen LogP contribution in [0.2, 0.25) is 0 Å². The summed E-state index contributed by atoms with van der Waals surface area (Å²) in [4.78, 5) is 12.1. The quantitative estimate of drug-likeness (QED) is 0.693. The van der Waals surface area contributed by atoms with E-state index in [4.69, 9.17) is 4.52 Å². The second-order valence-electron chi connectivity index (χ2n) is 5.25. The largest absolute Gasteiger partial charge is 0.356 e. The summed E-state index contributed by atoms with van der Waals surface area (Å²) in [5.74, 6) is -0.296. The van der Waals surface area contributed by atoms with Gasteiger partial charge in [0.2, 0.25) is 0 Å². The minimum Gasteiger partial charge on any atom is -0.356 e. The van der Waals surface area contributed by atoms with Crippen LogP contribution >= 0.6 is 0 Å². The van der Waals surface area contributed by atoms with E-state index in [0.29, 0.717) is 5.58 Å². The molecule has 1 aromatic carbocycles. The molecular weight excluding hydrogens is 266 g/mol. The normalized spacial score (nSPS) is 16.0. The second-order valence-corrected chi connectivity index (χ2v) is 5.25. The number of amides is 1. The van der Waals surface area contributed by atoms with Gasteiger partial charge in [0.25, 0.3) is 5.91 Å². The number of hydrogen-bond donors (Lipinski definition) is 1. The Morgan fingerprint density at radius 1 is 1.43 bits per heavy atom. The Hall–Kier alpha value is -2.61. The molecule has 1 fully saturated rings. The molecule has 5 nitrogen and oxygen atoms in total. The molecule has 1 aliphatic carbocycles. The van der Waals surface area contributed by atoms with Crippen molar-refractivity contribution >= 4 is 23.0 Å². The highest BCUT2D eigenvalue weighted by Crippen LogP contribution is 2.19. The van der Waals surface area contributed by atoms with Gasteiger partial charge in [-0.05, 0) is 36.6 Å². The van der Waals surface area contributed by atoms with Crippen LogP contribution in [0.5, 0.6) is 0 Å². The summed E-state index contributed by atoms with van der Waals surface area (Å²) in [6.07, 6.45) is 7.48. The minimum absolute atomic E-state index is 0.123. The summed E-state index contributed by atoms with van der Waals surface area (Å²) in [5, 5.41) is 16.7. The maximum atomic E-state index is 12.1. The SMILES string of the molecule is N#C/C(=C\c1ccc2oncc2c1)C(=O)NC1CCCC1. The standard InChI is InChI=1S/C16H15N3O2/c17-9-12(16(20)19-14-3-1-2-4-14)7-11-5-6-15-13(8-11)10-18-21-15/h5-8,10,14H,1-4H2,(H,19,20)/b12-7+. The second kappa shape index (κ2) is 5.80. The first-order chi connectivity index (χ1) is 10.3. The van der Waals surface area contributed by atoms with Crippen molar-refractivity contribution in [3.8, 4) is 6.07 Å². The predicted octanol–water partition coefficient (Wildman–Crippen LogP) is 2.79. The Morgan fingerprint density at radius 2 is 2.24 bits per heavy atom. The third-order valence-corrected chi connectivity index (χ3v) is 3.74. The Kier molecular flexibility index (Phi) is 3.69. The molecule has 106 valence electrons. The molecule has 1 amide bonds. The molecule has 1 aliphatic rings. The minimum atomic E-state index is -0.296. The van der Waals surface area contributed by atoms with Crippen LogP contribution in [-0.4, -0.2) is 17.1 Å². The van der Waals surface area contributed by atoms with Crippen LogP contribution in [0.1, 0.15) is 31.2 Å². The fourth-order valence-corrected chi connectivity index (χ4v) is 2.63. The maximum absolute atomic E-state index is 12.1. The lowest BCUT2D eigenvalue weighted by atomic mass is 10.1. The first kappa shape index (κ1) is 13.4. The van der Waals surface area contributed by atoms with Crippen LogP contribution in [0.15, 0.2) is 34.5 Å². The number of carbonyl (C=O) groups excluding carboxylic acids is 1. The van der Waals surface area contributed by atoms with Crippen molar-refractivity contribution in [1.29, 1.82) is 5.26 Å². The van der Waals surface area contributed by atoms with Gasteiger partial charge in [0.1, 0.15) is 11.6 Å². The summed E-state index contributed by atoms with van der Waals surface area (Å²) in [6.45, 7) is 0. The summed E-state index contributed by atoms with van der Waals surface area (Å²) in [7, 11) is 0. The molecule has 0 unspecified atom stereocenters. The lowest BCUT2D eigenvalue weighted by Crippen LogP contribution is -2.33. The number of rotatable bonds is 3. The van der Waals surface area contributed by atoms with Crippen molar-refractivity contribution in [2.75, 3.05) is 0 Å². The van der Waals surface area contributed by atoms with Gasteiger partial charge in [0.05, 0.1) is 6.20 Å². The van der Waals surface area contributed by atoms with Crippen LogP contribution in [0.25, 0.3) is 17.0 Å². The number of nitriles is 1. The first-order valence-corrected chi connectivity index (χ1v) is 7.03. The van der Waals surface area contributed by atoms with E-state index >= 15 is 0 Å². The Labute approximate surface area is 122 Å². The Bertz CT molecular complexity index is 733. The molecule has 2 aromatic rings. The van der Waals surface area contributed by atoms with E-state index in [-0.39, 0.29) is 17.5 Å². The zero-order valence-corrected chi connectivity index (χ0v) is 11.5. The monoisotopic (exact) mass is 281 g/mol. The average molecular weight is 281 g/mol. The van der Waals surface area contributed by atoms with E-state index < -0.39 is 0 Å².